The number of benzene rings is 4. The van der Waals surface area contributed by atoms with Crippen LogP contribution in [-0.2, 0) is 12.0 Å². The first-order valence-electron chi connectivity index (χ1n) is 14.3. The van der Waals surface area contributed by atoms with Crippen molar-refractivity contribution in [2.75, 3.05) is 4.90 Å². The molecule has 1 aliphatic carbocycles. The van der Waals surface area contributed by atoms with E-state index in [0.717, 1.165) is 50.4 Å². The summed E-state index contributed by atoms with van der Waals surface area (Å²) in [6.45, 7) is 7.20. The molecule has 0 radical (unpaired) electrons. The highest BCUT2D eigenvalue weighted by Gasteiger charge is 2.43. The number of ketones is 2. The molecular weight excluding hydrogens is 520 g/mol. The maximum atomic E-state index is 13.6. The molecule has 0 spiro atoms. The molecule has 42 heavy (non-hydrogen) atoms. The van der Waals surface area contributed by atoms with Gasteiger partial charge in [-0.25, -0.2) is 0 Å². The standard InChI is InChI=1S/C37H28N2O3/c1-4-38-25(20-28-34(40)26-18-22-12-8-9-13-23(22)19-27(26)35(28)41)21-31-33(38)32-36(42-31)39(24-14-6-5-7-15-24)30-17-11-10-16-29(30)37(32,2)3/h5-21H,4H2,1-3H3. The van der Waals surface area contributed by atoms with Crippen LogP contribution >= 0.6 is 0 Å². The molecule has 4 aromatic carbocycles. The molecule has 0 bridgehead atoms. The molecule has 5 nitrogen and oxygen atoms in total. The highest BCUT2D eigenvalue weighted by atomic mass is 16.4. The molecule has 1 aliphatic heterocycles. The molecule has 5 heteroatoms. The lowest BCUT2D eigenvalue weighted by Gasteiger charge is -2.39. The minimum Gasteiger partial charge on any atom is -0.438 e. The lowest BCUT2D eigenvalue weighted by molar-refractivity contribution is 0.0990. The topological polar surface area (TPSA) is 55.5 Å². The quantitative estimate of drug-likeness (QED) is 0.164. The van der Waals surface area contributed by atoms with Gasteiger partial charge in [-0.05, 0) is 59.7 Å². The monoisotopic (exact) mass is 548 g/mol. The third-order valence-corrected chi connectivity index (χ3v) is 8.88. The molecule has 2 aliphatic rings. The number of furan rings is 1. The van der Waals surface area contributed by atoms with E-state index in [9.17, 15) is 9.59 Å². The molecule has 0 fully saturated rings. The van der Waals surface area contributed by atoms with Gasteiger partial charge < -0.3 is 8.98 Å². The van der Waals surface area contributed by atoms with Crippen molar-refractivity contribution in [1.82, 2.24) is 4.57 Å². The Morgan fingerprint density at radius 1 is 0.786 bits per heavy atom. The predicted octanol–water partition coefficient (Wildman–Crippen LogP) is 8.98. The Bertz CT molecular complexity index is 2090. The van der Waals surface area contributed by atoms with Crippen LogP contribution in [0.3, 0.4) is 0 Å². The summed E-state index contributed by atoms with van der Waals surface area (Å²) in [5, 5.41) is 1.90. The van der Waals surface area contributed by atoms with E-state index in [2.05, 4.69) is 66.6 Å². The molecule has 3 heterocycles. The Morgan fingerprint density at radius 2 is 1.40 bits per heavy atom. The zero-order chi connectivity index (χ0) is 28.7. The molecule has 0 N–H and O–H groups in total. The Hall–Kier alpha value is -5.16. The van der Waals surface area contributed by atoms with Crippen LogP contribution in [0.1, 0.15) is 58.3 Å². The van der Waals surface area contributed by atoms with Gasteiger partial charge in [0.1, 0.15) is 0 Å². The highest BCUT2D eigenvalue weighted by molar-refractivity contribution is 6.42. The molecule has 0 saturated carbocycles. The Morgan fingerprint density at radius 3 is 2.07 bits per heavy atom. The van der Waals surface area contributed by atoms with Crippen LogP contribution in [-0.4, -0.2) is 16.1 Å². The maximum Gasteiger partial charge on any atom is 0.211 e. The number of Topliss-reactive ketones (excluding diaryl/α,β-unsaturated/α-hetero) is 2. The number of para-hydroxylation sites is 2. The normalized spacial score (nSPS) is 15.3. The van der Waals surface area contributed by atoms with Crippen molar-refractivity contribution in [2.45, 2.75) is 32.7 Å². The Balaban J connectivity index is 1.33. The van der Waals surface area contributed by atoms with E-state index < -0.39 is 0 Å². The first kappa shape index (κ1) is 24.6. The fourth-order valence-electron chi connectivity index (χ4n) is 6.88. The minimum atomic E-state index is -0.354. The summed E-state index contributed by atoms with van der Waals surface area (Å²) in [5.74, 6) is 0.337. The van der Waals surface area contributed by atoms with Crippen molar-refractivity contribution in [3.8, 4) is 0 Å². The van der Waals surface area contributed by atoms with Crippen LogP contribution in [0.2, 0.25) is 0 Å². The van der Waals surface area contributed by atoms with Crippen LogP contribution in [0, 0.1) is 0 Å². The maximum absolute atomic E-state index is 13.6. The van der Waals surface area contributed by atoms with E-state index in [-0.39, 0.29) is 22.6 Å². The zero-order valence-corrected chi connectivity index (χ0v) is 23.6. The van der Waals surface area contributed by atoms with E-state index in [0.29, 0.717) is 17.7 Å². The van der Waals surface area contributed by atoms with Crippen molar-refractivity contribution in [2.24, 2.45) is 0 Å². The third-order valence-electron chi connectivity index (χ3n) is 8.88. The van der Waals surface area contributed by atoms with Crippen LogP contribution in [0.5, 0.6) is 0 Å². The Labute approximate surface area is 243 Å². The summed E-state index contributed by atoms with van der Waals surface area (Å²) in [6, 6.07) is 32.2. The summed E-state index contributed by atoms with van der Waals surface area (Å²) in [5.41, 5.74) is 7.69. The summed E-state index contributed by atoms with van der Waals surface area (Å²) in [7, 11) is 0. The van der Waals surface area contributed by atoms with Crippen molar-refractivity contribution in [1.29, 1.82) is 0 Å². The smallest absolute Gasteiger partial charge is 0.211 e. The van der Waals surface area contributed by atoms with E-state index in [1.807, 2.05) is 60.7 Å². The number of carbonyl (C=O) groups is 2. The summed E-state index contributed by atoms with van der Waals surface area (Å²) < 4.78 is 8.88. The average molecular weight is 549 g/mol. The minimum absolute atomic E-state index is 0.194. The molecule has 204 valence electrons. The number of fused-ring (bicyclic) bond motifs is 6. The second kappa shape index (κ2) is 8.67. The van der Waals surface area contributed by atoms with Gasteiger partial charge in [0, 0.05) is 40.5 Å². The number of hydrogen-bond acceptors (Lipinski definition) is 4. The molecule has 6 aromatic rings. The van der Waals surface area contributed by atoms with Gasteiger partial charge in [-0.1, -0.05) is 74.5 Å². The number of hydrogen-bond donors (Lipinski definition) is 0. The number of allylic oxidation sites excluding steroid dienone is 1. The molecule has 0 saturated heterocycles. The van der Waals surface area contributed by atoms with Gasteiger partial charge >= 0.3 is 0 Å². The van der Waals surface area contributed by atoms with Gasteiger partial charge in [-0.3, -0.25) is 14.5 Å². The third kappa shape index (κ3) is 3.25. The number of aryl methyl sites for hydroxylation is 1. The van der Waals surface area contributed by atoms with Gasteiger partial charge in [0.05, 0.1) is 22.3 Å². The van der Waals surface area contributed by atoms with Gasteiger partial charge in [0.2, 0.25) is 5.88 Å². The molecule has 0 atom stereocenters. The van der Waals surface area contributed by atoms with Crippen LogP contribution < -0.4 is 4.90 Å². The van der Waals surface area contributed by atoms with Crippen molar-refractivity contribution >= 4 is 56.8 Å². The van der Waals surface area contributed by atoms with Crippen LogP contribution in [0.15, 0.2) is 107 Å². The molecule has 0 unspecified atom stereocenters. The number of aromatic nitrogens is 1. The summed E-state index contributed by atoms with van der Waals surface area (Å²) >= 11 is 0. The van der Waals surface area contributed by atoms with Gasteiger partial charge in [-0.15, -0.1) is 0 Å². The predicted molar refractivity (Wildman–Crippen MR) is 167 cm³/mol. The first-order valence-corrected chi connectivity index (χ1v) is 14.3. The van der Waals surface area contributed by atoms with Crippen molar-refractivity contribution in [3.63, 3.8) is 0 Å². The SMILES string of the molecule is CCn1c(C=C2C(=O)c3cc4ccccc4cc3C2=O)cc2oc3c(c21)C(C)(C)c1ccccc1N3c1ccccc1. The number of carbonyl (C=O) groups excluding carboxylic acids is 2. The Kier molecular flexibility index (Phi) is 5.08. The van der Waals surface area contributed by atoms with Crippen LogP contribution in [0.4, 0.5) is 17.3 Å². The molecule has 0 amide bonds. The van der Waals surface area contributed by atoms with E-state index >= 15 is 0 Å². The fourth-order valence-corrected chi connectivity index (χ4v) is 6.88. The highest BCUT2D eigenvalue weighted by Crippen LogP contribution is 2.55. The largest absolute Gasteiger partial charge is 0.438 e. The second-order valence-corrected chi connectivity index (χ2v) is 11.6. The number of rotatable bonds is 3. The van der Waals surface area contributed by atoms with E-state index in [4.69, 9.17) is 4.42 Å². The summed E-state index contributed by atoms with van der Waals surface area (Å²) in [6.07, 6.45) is 1.75. The fraction of sp³-hybridized carbons (Fsp3) is 0.135. The van der Waals surface area contributed by atoms with Gasteiger partial charge in [-0.2, -0.15) is 0 Å². The van der Waals surface area contributed by atoms with Crippen LogP contribution in [0.25, 0.3) is 27.9 Å². The van der Waals surface area contributed by atoms with E-state index in [1.54, 1.807) is 6.08 Å². The van der Waals surface area contributed by atoms with Gasteiger partial charge in [0.25, 0.3) is 0 Å². The van der Waals surface area contributed by atoms with Crippen molar-refractivity contribution in [3.05, 3.63) is 131 Å². The lowest BCUT2D eigenvalue weighted by atomic mass is 9.75. The van der Waals surface area contributed by atoms with Gasteiger partial charge in [0.15, 0.2) is 17.1 Å². The zero-order valence-electron chi connectivity index (χ0n) is 23.6. The van der Waals surface area contributed by atoms with E-state index in [1.165, 1.54) is 5.56 Å². The average Bonchev–Trinajstić information content (AvgIpc) is 3.61. The molecule has 8 rings (SSSR count). The first-order chi connectivity index (χ1) is 20.4. The number of nitrogens with zero attached hydrogens (tertiary/aromatic N) is 2. The summed E-state index contributed by atoms with van der Waals surface area (Å²) in [4.78, 5) is 29.3. The lowest BCUT2D eigenvalue weighted by Crippen LogP contribution is -2.30. The number of anilines is 3. The van der Waals surface area contributed by atoms with Crippen molar-refractivity contribution < 1.29 is 14.0 Å². The molecular formula is C37H28N2O3. The second-order valence-electron chi connectivity index (χ2n) is 11.6. The molecule has 2 aromatic heterocycles.